The van der Waals surface area contributed by atoms with Crippen molar-refractivity contribution in [2.45, 2.75) is 6.92 Å². The number of hydrogen-bond donors (Lipinski definition) is 2. The van der Waals surface area contributed by atoms with Crippen LogP contribution in [-0.2, 0) is 4.79 Å². The number of nitrogens with one attached hydrogen (secondary N) is 1. The number of phenolic OH excluding ortho intramolecular Hbond substituents is 1. The Morgan fingerprint density at radius 3 is 2.67 bits per heavy atom. The molecule has 1 rings (SSSR count). The average molecular weight is 271 g/mol. The number of aromatic hydroxyl groups is 1. The molecule has 0 saturated carbocycles. The number of nitrogens with zero attached hydrogens (tertiary/aromatic N) is 1. The van der Waals surface area contributed by atoms with E-state index >= 15 is 0 Å². The first-order valence-electron chi connectivity index (χ1n) is 5.48. The maximum atomic E-state index is 12.2. The summed E-state index contributed by atoms with van der Waals surface area (Å²) in [5.41, 5.74) is 0.183. The van der Waals surface area contributed by atoms with Gasteiger partial charge in [-0.2, -0.15) is 0 Å². The standard InChI is InChI=1S/C12H15ClN2O3/c1-3-15(7-11(17)14-2)12(18)9-6-8(16)4-5-10(9)13/h4-6,16H,3,7H2,1-2H3,(H,14,17). The van der Waals surface area contributed by atoms with Crippen molar-refractivity contribution in [3.05, 3.63) is 28.8 Å². The van der Waals surface area contributed by atoms with Crippen molar-refractivity contribution in [3.63, 3.8) is 0 Å². The topological polar surface area (TPSA) is 69.6 Å². The molecule has 0 unspecified atom stereocenters. The molecule has 0 aliphatic heterocycles. The fourth-order valence-corrected chi connectivity index (χ4v) is 1.63. The molecule has 0 radical (unpaired) electrons. The van der Waals surface area contributed by atoms with Crippen LogP contribution >= 0.6 is 11.6 Å². The van der Waals surface area contributed by atoms with E-state index in [0.29, 0.717) is 6.54 Å². The molecule has 18 heavy (non-hydrogen) atoms. The Hall–Kier alpha value is -1.75. The fourth-order valence-electron chi connectivity index (χ4n) is 1.43. The van der Waals surface area contributed by atoms with Crippen LogP contribution < -0.4 is 5.32 Å². The van der Waals surface area contributed by atoms with Gasteiger partial charge in [-0.25, -0.2) is 0 Å². The minimum absolute atomic E-state index is 0.0428. The van der Waals surface area contributed by atoms with E-state index in [9.17, 15) is 14.7 Å². The summed E-state index contributed by atoms with van der Waals surface area (Å²) in [7, 11) is 1.50. The summed E-state index contributed by atoms with van der Waals surface area (Å²) in [6.07, 6.45) is 0. The lowest BCUT2D eigenvalue weighted by atomic mass is 10.2. The predicted octanol–water partition coefficient (Wildman–Crippen LogP) is 1.25. The number of likely N-dealkylation sites (N-methyl/N-ethyl adjacent to an activating group) is 2. The smallest absolute Gasteiger partial charge is 0.255 e. The monoisotopic (exact) mass is 270 g/mol. The number of carbonyl (C=O) groups excluding carboxylic acids is 2. The molecule has 0 aliphatic rings. The summed E-state index contributed by atoms with van der Waals surface area (Å²) in [5.74, 6) is -0.692. The first-order valence-corrected chi connectivity index (χ1v) is 5.85. The van der Waals surface area contributed by atoms with Gasteiger partial charge in [0.15, 0.2) is 0 Å². The lowest BCUT2D eigenvalue weighted by molar-refractivity contribution is -0.121. The Kier molecular flexibility index (Phi) is 4.97. The van der Waals surface area contributed by atoms with Crippen LogP contribution in [0.5, 0.6) is 5.75 Å². The Labute approximate surface area is 110 Å². The highest BCUT2D eigenvalue weighted by molar-refractivity contribution is 6.33. The Balaban J connectivity index is 2.96. The molecular weight excluding hydrogens is 256 g/mol. The average Bonchev–Trinajstić information content (AvgIpc) is 2.37. The number of carbonyl (C=O) groups is 2. The number of halogens is 1. The molecule has 5 nitrogen and oxygen atoms in total. The molecule has 98 valence electrons. The molecule has 0 atom stereocenters. The maximum absolute atomic E-state index is 12.2. The molecule has 2 N–H and O–H groups in total. The van der Waals surface area contributed by atoms with E-state index in [2.05, 4.69) is 5.32 Å². The zero-order valence-corrected chi connectivity index (χ0v) is 11.0. The maximum Gasteiger partial charge on any atom is 0.255 e. The third-order valence-electron chi connectivity index (χ3n) is 2.46. The number of hydrogen-bond acceptors (Lipinski definition) is 3. The van der Waals surface area contributed by atoms with E-state index < -0.39 is 0 Å². The molecule has 2 amide bonds. The van der Waals surface area contributed by atoms with Crippen molar-refractivity contribution < 1.29 is 14.7 Å². The third kappa shape index (κ3) is 3.37. The van der Waals surface area contributed by atoms with Gasteiger partial charge in [-0.15, -0.1) is 0 Å². The molecule has 0 fully saturated rings. The highest BCUT2D eigenvalue weighted by Gasteiger charge is 2.19. The largest absolute Gasteiger partial charge is 0.508 e. The van der Waals surface area contributed by atoms with Gasteiger partial charge in [0.2, 0.25) is 5.91 Å². The molecule has 1 aromatic carbocycles. The number of benzene rings is 1. The Morgan fingerprint density at radius 2 is 2.11 bits per heavy atom. The van der Waals surface area contributed by atoms with Crippen molar-refractivity contribution in [2.24, 2.45) is 0 Å². The molecule has 0 saturated heterocycles. The van der Waals surface area contributed by atoms with Gasteiger partial charge in [0.05, 0.1) is 17.1 Å². The van der Waals surface area contributed by atoms with Gasteiger partial charge >= 0.3 is 0 Å². The Bertz CT molecular complexity index is 463. The first kappa shape index (κ1) is 14.3. The second kappa shape index (κ2) is 6.26. The molecule has 6 heteroatoms. The molecule has 1 aromatic rings. The molecule has 0 heterocycles. The van der Waals surface area contributed by atoms with Crippen molar-refractivity contribution in [2.75, 3.05) is 20.1 Å². The van der Waals surface area contributed by atoms with Crippen LogP contribution in [0.25, 0.3) is 0 Å². The van der Waals surface area contributed by atoms with E-state index in [1.54, 1.807) is 6.92 Å². The van der Waals surface area contributed by atoms with Gasteiger partial charge in [0.1, 0.15) is 5.75 Å². The van der Waals surface area contributed by atoms with Crippen molar-refractivity contribution in [1.82, 2.24) is 10.2 Å². The molecular formula is C12H15ClN2O3. The molecule has 0 bridgehead atoms. The molecule has 0 spiro atoms. The van der Waals surface area contributed by atoms with Crippen LogP contribution in [0.15, 0.2) is 18.2 Å². The summed E-state index contributed by atoms with van der Waals surface area (Å²) in [4.78, 5) is 24.8. The third-order valence-corrected chi connectivity index (χ3v) is 2.79. The lowest BCUT2D eigenvalue weighted by Crippen LogP contribution is -2.39. The summed E-state index contributed by atoms with van der Waals surface area (Å²) < 4.78 is 0. The van der Waals surface area contributed by atoms with Gasteiger partial charge < -0.3 is 15.3 Å². The minimum atomic E-state index is -0.387. The van der Waals surface area contributed by atoms with Gasteiger partial charge in [0.25, 0.3) is 5.91 Å². The van der Waals surface area contributed by atoms with Crippen LogP contribution in [0.1, 0.15) is 17.3 Å². The van der Waals surface area contributed by atoms with Crippen LogP contribution in [0, 0.1) is 0 Å². The summed E-state index contributed by atoms with van der Waals surface area (Å²) in [6.45, 7) is 2.09. The van der Waals surface area contributed by atoms with Gasteiger partial charge in [-0.1, -0.05) is 11.6 Å². The summed E-state index contributed by atoms with van der Waals surface area (Å²) in [6, 6.07) is 4.13. The SMILES string of the molecule is CCN(CC(=O)NC)C(=O)c1cc(O)ccc1Cl. The van der Waals surface area contributed by atoms with E-state index in [0.717, 1.165) is 0 Å². The van der Waals surface area contributed by atoms with Crippen molar-refractivity contribution >= 4 is 23.4 Å². The molecule has 0 aliphatic carbocycles. The fraction of sp³-hybridized carbons (Fsp3) is 0.333. The highest BCUT2D eigenvalue weighted by Crippen LogP contribution is 2.22. The highest BCUT2D eigenvalue weighted by atomic mass is 35.5. The van der Waals surface area contributed by atoms with E-state index in [1.807, 2.05) is 0 Å². The van der Waals surface area contributed by atoms with Crippen molar-refractivity contribution in [1.29, 1.82) is 0 Å². The minimum Gasteiger partial charge on any atom is -0.508 e. The van der Waals surface area contributed by atoms with Gasteiger partial charge in [-0.3, -0.25) is 9.59 Å². The zero-order valence-electron chi connectivity index (χ0n) is 10.2. The van der Waals surface area contributed by atoms with E-state index in [4.69, 9.17) is 11.6 Å². The lowest BCUT2D eigenvalue weighted by Gasteiger charge is -2.20. The van der Waals surface area contributed by atoms with Crippen LogP contribution in [0.4, 0.5) is 0 Å². The number of amides is 2. The van der Waals surface area contributed by atoms with Crippen LogP contribution in [0.3, 0.4) is 0 Å². The number of phenols is 1. The van der Waals surface area contributed by atoms with Gasteiger partial charge in [0, 0.05) is 13.6 Å². The Morgan fingerprint density at radius 1 is 1.44 bits per heavy atom. The summed E-state index contributed by atoms with van der Waals surface area (Å²) in [5, 5.41) is 12.1. The number of rotatable bonds is 4. The van der Waals surface area contributed by atoms with E-state index in [1.165, 1.54) is 30.1 Å². The van der Waals surface area contributed by atoms with E-state index in [-0.39, 0.29) is 34.7 Å². The second-order valence-electron chi connectivity index (χ2n) is 3.66. The summed E-state index contributed by atoms with van der Waals surface area (Å²) >= 11 is 5.90. The van der Waals surface area contributed by atoms with Crippen LogP contribution in [0.2, 0.25) is 5.02 Å². The van der Waals surface area contributed by atoms with Crippen LogP contribution in [-0.4, -0.2) is 42.0 Å². The molecule has 0 aromatic heterocycles. The van der Waals surface area contributed by atoms with Gasteiger partial charge in [-0.05, 0) is 25.1 Å². The zero-order chi connectivity index (χ0) is 13.7. The van der Waals surface area contributed by atoms with Crippen molar-refractivity contribution in [3.8, 4) is 5.75 Å². The predicted molar refractivity (Wildman–Crippen MR) is 68.8 cm³/mol. The quantitative estimate of drug-likeness (QED) is 0.865. The first-order chi connectivity index (χ1) is 8.49. The normalized spacial score (nSPS) is 9.94. The second-order valence-corrected chi connectivity index (χ2v) is 4.06.